The maximum absolute atomic E-state index is 13.2. The number of hydrogen-bond acceptors (Lipinski definition) is 5. The summed E-state index contributed by atoms with van der Waals surface area (Å²) in [6.07, 6.45) is 1.83. The van der Waals surface area contributed by atoms with Crippen molar-refractivity contribution in [2.45, 2.75) is 33.6 Å². The van der Waals surface area contributed by atoms with Crippen molar-refractivity contribution < 1.29 is 14.3 Å². The number of rotatable bonds is 7. The molecular formula is C20H28N2O3S. The van der Waals surface area contributed by atoms with E-state index in [9.17, 15) is 9.59 Å². The average molecular weight is 377 g/mol. The molecule has 0 aromatic carbocycles. The van der Waals surface area contributed by atoms with Gasteiger partial charge in [-0.25, -0.2) is 0 Å². The van der Waals surface area contributed by atoms with E-state index in [0.29, 0.717) is 49.3 Å². The summed E-state index contributed by atoms with van der Waals surface area (Å²) in [6.45, 7) is 9.67. The molecule has 26 heavy (non-hydrogen) atoms. The molecule has 2 amide bonds. The lowest BCUT2D eigenvalue weighted by Gasteiger charge is -2.37. The molecule has 142 valence electrons. The third-order valence-corrected chi connectivity index (χ3v) is 5.86. The first-order chi connectivity index (χ1) is 12.5. The summed E-state index contributed by atoms with van der Waals surface area (Å²) in [5.41, 5.74) is 1.19. The highest BCUT2D eigenvalue weighted by atomic mass is 32.1. The Labute approximate surface area is 159 Å². The van der Waals surface area contributed by atoms with Crippen LogP contribution < -0.4 is 0 Å². The molecule has 0 saturated carbocycles. The van der Waals surface area contributed by atoms with E-state index in [0.717, 1.165) is 18.0 Å². The molecule has 0 radical (unpaired) electrons. The summed E-state index contributed by atoms with van der Waals surface area (Å²) in [6, 6.07) is 3.87. The van der Waals surface area contributed by atoms with Crippen LogP contribution in [0.2, 0.25) is 0 Å². The van der Waals surface area contributed by atoms with E-state index in [2.05, 4.69) is 18.7 Å². The van der Waals surface area contributed by atoms with Crippen molar-refractivity contribution in [2.75, 3.05) is 32.8 Å². The van der Waals surface area contributed by atoms with Crippen LogP contribution in [0.1, 0.15) is 38.5 Å². The Kier molecular flexibility index (Phi) is 6.14. The summed E-state index contributed by atoms with van der Waals surface area (Å²) in [5.74, 6) is 0.738. The van der Waals surface area contributed by atoms with Crippen LogP contribution in [0.15, 0.2) is 23.2 Å². The zero-order chi connectivity index (χ0) is 18.7. The van der Waals surface area contributed by atoms with Crippen molar-refractivity contribution in [1.82, 2.24) is 9.80 Å². The quantitative estimate of drug-likeness (QED) is 0.541. The highest BCUT2D eigenvalue weighted by Crippen LogP contribution is 2.36. The predicted molar refractivity (Wildman–Crippen MR) is 104 cm³/mol. The largest absolute Gasteiger partial charge is 0.382 e. The fourth-order valence-corrected chi connectivity index (χ4v) is 4.78. The SMILES string of the molecule is CCOCCCN1C(=O)C(c2cccs2)=C(N2CC(C)CC(C)C2)C1=O. The Hall–Kier alpha value is -1.66. The van der Waals surface area contributed by atoms with Gasteiger partial charge in [0.15, 0.2) is 0 Å². The maximum Gasteiger partial charge on any atom is 0.277 e. The van der Waals surface area contributed by atoms with Gasteiger partial charge >= 0.3 is 0 Å². The monoisotopic (exact) mass is 376 g/mol. The summed E-state index contributed by atoms with van der Waals surface area (Å²) >= 11 is 1.52. The van der Waals surface area contributed by atoms with E-state index in [1.165, 1.54) is 22.7 Å². The third kappa shape index (κ3) is 3.86. The molecule has 0 spiro atoms. The predicted octanol–water partition coefficient (Wildman–Crippen LogP) is 3.23. The van der Waals surface area contributed by atoms with Gasteiger partial charge < -0.3 is 9.64 Å². The number of thiophene rings is 1. The number of imide groups is 1. The molecule has 2 unspecified atom stereocenters. The van der Waals surface area contributed by atoms with Crippen molar-refractivity contribution in [3.63, 3.8) is 0 Å². The Morgan fingerprint density at radius 1 is 1.19 bits per heavy atom. The molecule has 1 saturated heterocycles. The number of ether oxygens (including phenoxy) is 1. The van der Waals surface area contributed by atoms with E-state index in [1.807, 2.05) is 24.4 Å². The fraction of sp³-hybridized carbons (Fsp3) is 0.600. The number of piperidine rings is 1. The van der Waals surface area contributed by atoms with Crippen molar-refractivity contribution in [2.24, 2.45) is 11.8 Å². The topological polar surface area (TPSA) is 49.9 Å². The van der Waals surface area contributed by atoms with Crippen LogP contribution in [0.4, 0.5) is 0 Å². The minimum atomic E-state index is -0.158. The van der Waals surface area contributed by atoms with Gasteiger partial charge in [-0.3, -0.25) is 14.5 Å². The van der Waals surface area contributed by atoms with E-state index < -0.39 is 0 Å². The second-order valence-corrected chi connectivity index (χ2v) is 8.31. The van der Waals surface area contributed by atoms with Crippen molar-refractivity contribution in [3.05, 3.63) is 28.1 Å². The van der Waals surface area contributed by atoms with Crippen molar-refractivity contribution >= 4 is 28.7 Å². The van der Waals surface area contributed by atoms with Crippen LogP contribution in [-0.4, -0.2) is 54.5 Å². The first-order valence-corrected chi connectivity index (χ1v) is 10.4. The van der Waals surface area contributed by atoms with E-state index >= 15 is 0 Å². The minimum Gasteiger partial charge on any atom is -0.382 e. The molecule has 2 aliphatic heterocycles. The van der Waals surface area contributed by atoms with Gasteiger partial charge in [0, 0.05) is 37.7 Å². The molecule has 2 aliphatic rings. The normalized spacial score (nSPS) is 24.1. The molecule has 1 aromatic rings. The van der Waals surface area contributed by atoms with Gasteiger partial charge in [0.1, 0.15) is 5.70 Å². The summed E-state index contributed by atoms with van der Waals surface area (Å²) in [7, 11) is 0. The zero-order valence-electron chi connectivity index (χ0n) is 15.9. The second kappa shape index (κ2) is 8.35. The molecule has 1 fully saturated rings. The molecular weight excluding hydrogens is 348 g/mol. The molecule has 0 N–H and O–H groups in total. The number of carbonyl (C=O) groups excluding carboxylic acids is 2. The minimum absolute atomic E-state index is 0.142. The second-order valence-electron chi connectivity index (χ2n) is 7.36. The highest BCUT2D eigenvalue weighted by molar-refractivity contribution is 7.11. The Bertz CT molecular complexity index is 673. The molecule has 6 heteroatoms. The van der Waals surface area contributed by atoms with Crippen LogP contribution in [0.5, 0.6) is 0 Å². The Morgan fingerprint density at radius 2 is 1.92 bits per heavy atom. The smallest absolute Gasteiger partial charge is 0.277 e. The number of likely N-dealkylation sites (tertiary alicyclic amines) is 1. The van der Waals surface area contributed by atoms with Gasteiger partial charge in [0.2, 0.25) is 0 Å². The average Bonchev–Trinajstić information content (AvgIpc) is 3.18. The molecule has 0 bridgehead atoms. The van der Waals surface area contributed by atoms with Crippen LogP contribution in [0.3, 0.4) is 0 Å². The lowest BCUT2D eigenvalue weighted by molar-refractivity contribution is -0.137. The number of amides is 2. The molecule has 0 aliphatic carbocycles. The first kappa shape index (κ1) is 19.1. The van der Waals surface area contributed by atoms with Crippen molar-refractivity contribution in [1.29, 1.82) is 0 Å². The highest BCUT2D eigenvalue weighted by Gasteiger charge is 2.42. The molecule has 2 atom stereocenters. The Morgan fingerprint density at radius 3 is 2.54 bits per heavy atom. The van der Waals surface area contributed by atoms with Crippen LogP contribution in [-0.2, 0) is 14.3 Å². The van der Waals surface area contributed by atoms with Gasteiger partial charge in [0.25, 0.3) is 11.8 Å². The zero-order valence-corrected chi connectivity index (χ0v) is 16.7. The van der Waals surface area contributed by atoms with Crippen molar-refractivity contribution in [3.8, 4) is 0 Å². The van der Waals surface area contributed by atoms with Crippen LogP contribution in [0.25, 0.3) is 5.57 Å². The van der Waals surface area contributed by atoms with Gasteiger partial charge in [0.05, 0.1) is 5.57 Å². The van der Waals surface area contributed by atoms with Crippen LogP contribution in [0, 0.1) is 11.8 Å². The van der Waals surface area contributed by atoms with Gasteiger partial charge in [-0.2, -0.15) is 0 Å². The summed E-state index contributed by atoms with van der Waals surface area (Å²) < 4.78 is 5.36. The first-order valence-electron chi connectivity index (χ1n) is 9.50. The fourth-order valence-electron chi connectivity index (χ4n) is 4.02. The Balaban J connectivity index is 1.88. The number of carbonyl (C=O) groups is 2. The van der Waals surface area contributed by atoms with E-state index in [-0.39, 0.29) is 11.8 Å². The van der Waals surface area contributed by atoms with E-state index in [1.54, 1.807) is 0 Å². The molecule has 5 nitrogen and oxygen atoms in total. The van der Waals surface area contributed by atoms with Gasteiger partial charge in [-0.05, 0) is 43.0 Å². The lowest BCUT2D eigenvalue weighted by Crippen LogP contribution is -2.42. The molecule has 3 rings (SSSR count). The number of nitrogens with zero attached hydrogens (tertiary/aromatic N) is 2. The van der Waals surface area contributed by atoms with Gasteiger partial charge in [-0.1, -0.05) is 19.9 Å². The number of hydrogen-bond donors (Lipinski definition) is 0. The summed E-state index contributed by atoms with van der Waals surface area (Å²) in [5, 5.41) is 1.96. The molecule has 1 aromatic heterocycles. The lowest BCUT2D eigenvalue weighted by atomic mass is 9.91. The summed E-state index contributed by atoms with van der Waals surface area (Å²) in [4.78, 5) is 30.7. The van der Waals surface area contributed by atoms with Gasteiger partial charge in [-0.15, -0.1) is 11.3 Å². The van der Waals surface area contributed by atoms with E-state index in [4.69, 9.17) is 4.74 Å². The third-order valence-electron chi connectivity index (χ3n) is 4.97. The standard InChI is InChI=1S/C20H28N2O3S/c1-4-25-9-6-8-22-19(23)17(16-7-5-10-26-16)18(20(22)24)21-12-14(2)11-15(3)13-21/h5,7,10,14-15H,4,6,8-9,11-13H2,1-3H3. The van der Waals surface area contributed by atoms with Crippen LogP contribution >= 0.6 is 11.3 Å². The maximum atomic E-state index is 13.2. The molecule has 3 heterocycles.